The number of carbonyl (C=O) groups excluding carboxylic acids is 1. The van der Waals surface area contributed by atoms with Gasteiger partial charge in [-0.15, -0.1) is 0 Å². The molecule has 0 spiro atoms. The van der Waals surface area contributed by atoms with E-state index in [2.05, 4.69) is 25.2 Å². The minimum Gasteiger partial charge on any atom is -0.324 e. The molecule has 1 amide bonds. The first-order valence-electron chi connectivity index (χ1n) is 7.79. The molecule has 0 aliphatic carbocycles. The number of anilines is 1. The first-order valence-corrected chi connectivity index (χ1v) is 7.79. The van der Waals surface area contributed by atoms with Crippen molar-refractivity contribution in [3.63, 3.8) is 0 Å². The van der Waals surface area contributed by atoms with E-state index in [-0.39, 0.29) is 5.91 Å². The van der Waals surface area contributed by atoms with Crippen LogP contribution in [0.4, 0.5) is 5.69 Å². The summed E-state index contributed by atoms with van der Waals surface area (Å²) in [5.74, 6) is 0.278. The SMILES string of the molecule is CC(C)c1ccccc1NC(=O)c1ccc(-n2cccc2)cc1. The van der Waals surface area contributed by atoms with Gasteiger partial charge in [-0.2, -0.15) is 0 Å². The maximum absolute atomic E-state index is 12.5. The van der Waals surface area contributed by atoms with Crippen molar-refractivity contribution in [2.24, 2.45) is 0 Å². The Hall–Kier alpha value is -2.81. The molecule has 0 unspecified atom stereocenters. The number of nitrogens with zero attached hydrogens (tertiary/aromatic N) is 1. The molecular formula is C20H20N2O. The van der Waals surface area contributed by atoms with Gasteiger partial charge in [-0.3, -0.25) is 4.79 Å². The molecule has 0 atom stereocenters. The summed E-state index contributed by atoms with van der Waals surface area (Å²) in [7, 11) is 0. The molecule has 0 fully saturated rings. The number of benzene rings is 2. The van der Waals surface area contributed by atoms with Gasteiger partial charge < -0.3 is 9.88 Å². The van der Waals surface area contributed by atoms with Crippen molar-refractivity contribution in [3.8, 4) is 5.69 Å². The normalized spacial score (nSPS) is 10.7. The summed E-state index contributed by atoms with van der Waals surface area (Å²) in [4.78, 5) is 12.5. The maximum atomic E-state index is 12.5. The summed E-state index contributed by atoms with van der Waals surface area (Å²) in [6.45, 7) is 4.24. The van der Waals surface area contributed by atoms with E-state index in [0.29, 0.717) is 11.5 Å². The van der Waals surface area contributed by atoms with Gasteiger partial charge in [-0.25, -0.2) is 0 Å². The van der Waals surface area contributed by atoms with Crippen LogP contribution >= 0.6 is 0 Å². The van der Waals surface area contributed by atoms with Gasteiger partial charge in [0.1, 0.15) is 0 Å². The highest BCUT2D eigenvalue weighted by Gasteiger charge is 2.10. The van der Waals surface area contributed by atoms with Crippen LogP contribution in [0.15, 0.2) is 73.1 Å². The number of aromatic nitrogens is 1. The highest BCUT2D eigenvalue weighted by Crippen LogP contribution is 2.24. The number of hydrogen-bond donors (Lipinski definition) is 1. The molecule has 0 aliphatic heterocycles. The third-order valence-electron chi connectivity index (χ3n) is 3.86. The van der Waals surface area contributed by atoms with Crippen LogP contribution in [0.3, 0.4) is 0 Å². The van der Waals surface area contributed by atoms with Crippen LogP contribution in [0.5, 0.6) is 0 Å². The second-order valence-corrected chi connectivity index (χ2v) is 5.83. The molecule has 0 radical (unpaired) electrons. The van der Waals surface area contributed by atoms with E-state index in [1.807, 2.05) is 71.6 Å². The summed E-state index contributed by atoms with van der Waals surface area (Å²) in [5.41, 5.74) is 3.71. The molecule has 0 saturated heterocycles. The predicted octanol–water partition coefficient (Wildman–Crippen LogP) is 4.85. The van der Waals surface area contributed by atoms with Gasteiger partial charge in [-0.1, -0.05) is 32.0 Å². The minimum atomic E-state index is -0.0860. The van der Waals surface area contributed by atoms with Gasteiger partial charge in [0.25, 0.3) is 5.91 Å². The lowest BCUT2D eigenvalue weighted by Gasteiger charge is -2.13. The van der Waals surface area contributed by atoms with Crippen molar-refractivity contribution in [2.75, 3.05) is 5.32 Å². The van der Waals surface area contributed by atoms with E-state index in [1.54, 1.807) is 0 Å². The number of para-hydroxylation sites is 1. The molecule has 0 aliphatic rings. The molecule has 1 aromatic heterocycles. The van der Waals surface area contributed by atoms with E-state index < -0.39 is 0 Å². The van der Waals surface area contributed by atoms with Gasteiger partial charge in [0.2, 0.25) is 0 Å². The molecule has 23 heavy (non-hydrogen) atoms. The quantitative estimate of drug-likeness (QED) is 0.734. The van der Waals surface area contributed by atoms with Gasteiger partial charge in [0.05, 0.1) is 0 Å². The lowest BCUT2D eigenvalue weighted by molar-refractivity contribution is 0.102. The molecule has 0 saturated carbocycles. The van der Waals surface area contributed by atoms with Crippen molar-refractivity contribution in [1.29, 1.82) is 0 Å². The highest BCUT2D eigenvalue weighted by molar-refractivity contribution is 6.04. The zero-order chi connectivity index (χ0) is 16.2. The molecular weight excluding hydrogens is 284 g/mol. The Bertz CT molecular complexity index is 787. The zero-order valence-corrected chi connectivity index (χ0v) is 13.4. The van der Waals surface area contributed by atoms with Crippen LogP contribution in [0.2, 0.25) is 0 Å². The average molecular weight is 304 g/mol. The van der Waals surface area contributed by atoms with Gasteiger partial charge in [0.15, 0.2) is 0 Å². The largest absolute Gasteiger partial charge is 0.324 e. The fourth-order valence-corrected chi connectivity index (χ4v) is 2.60. The monoisotopic (exact) mass is 304 g/mol. The summed E-state index contributed by atoms with van der Waals surface area (Å²) < 4.78 is 2.01. The summed E-state index contributed by atoms with van der Waals surface area (Å²) in [5, 5.41) is 3.02. The summed E-state index contributed by atoms with van der Waals surface area (Å²) >= 11 is 0. The van der Waals surface area contributed by atoms with Crippen molar-refractivity contribution in [3.05, 3.63) is 84.2 Å². The smallest absolute Gasteiger partial charge is 0.255 e. The number of hydrogen-bond acceptors (Lipinski definition) is 1. The third-order valence-corrected chi connectivity index (χ3v) is 3.86. The van der Waals surface area contributed by atoms with Crippen LogP contribution in [0.1, 0.15) is 35.7 Å². The minimum absolute atomic E-state index is 0.0860. The number of carbonyl (C=O) groups is 1. The first kappa shape index (κ1) is 15.1. The van der Waals surface area contributed by atoms with E-state index in [9.17, 15) is 4.79 Å². The van der Waals surface area contributed by atoms with Crippen LogP contribution in [-0.2, 0) is 0 Å². The highest BCUT2D eigenvalue weighted by atomic mass is 16.1. The number of amides is 1. The lowest BCUT2D eigenvalue weighted by atomic mass is 10.0. The van der Waals surface area contributed by atoms with Gasteiger partial charge in [0, 0.05) is 29.3 Å². The number of rotatable bonds is 4. The molecule has 2 aromatic carbocycles. The van der Waals surface area contributed by atoms with E-state index in [4.69, 9.17) is 0 Å². The Balaban J connectivity index is 1.79. The fourth-order valence-electron chi connectivity index (χ4n) is 2.60. The van der Waals surface area contributed by atoms with Crippen molar-refractivity contribution < 1.29 is 4.79 Å². The van der Waals surface area contributed by atoms with E-state index in [1.165, 1.54) is 0 Å². The Morgan fingerprint density at radius 3 is 2.22 bits per heavy atom. The summed E-state index contributed by atoms with van der Waals surface area (Å²) in [6, 6.07) is 19.5. The molecule has 3 rings (SSSR count). The average Bonchev–Trinajstić information content (AvgIpc) is 3.10. The van der Waals surface area contributed by atoms with Gasteiger partial charge >= 0.3 is 0 Å². The fraction of sp³-hybridized carbons (Fsp3) is 0.150. The van der Waals surface area contributed by atoms with E-state index >= 15 is 0 Å². The Morgan fingerprint density at radius 1 is 0.913 bits per heavy atom. The molecule has 3 nitrogen and oxygen atoms in total. The second-order valence-electron chi connectivity index (χ2n) is 5.83. The number of nitrogens with one attached hydrogen (secondary N) is 1. The van der Waals surface area contributed by atoms with Gasteiger partial charge in [-0.05, 0) is 53.9 Å². The van der Waals surface area contributed by atoms with Crippen LogP contribution in [-0.4, -0.2) is 10.5 Å². The summed E-state index contributed by atoms with van der Waals surface area (Å²) in [6.07, 6.45) is 3.96. The maximum Gasteiger partial charge on any atom is 0.255 e. The topological polar surface area (TPSA) is 34.0 Å². The van der Waals surface area contributed by atoms with Crippen LogP contribution < -0.4 is 5.32 Å². The van der Waals surface area contributed by atoms with Crippen LogP contribution in [0.25, 0.3) is 5.69 Å². The molecule has 3 aromatic rings. The molecule has 1 N–H and O–H groups in total. The van der Waals surface area contributed by atoms with E-state index in [0.717, 1.165) is 16.9 Å². The lowest BCUT2D eigenvalue weighted by Crippen LogP contribution is -2.13. The Morgan fingerprint density at radius 2 is 1.57 bits per heavy atom. The zero-order valence-electron chi connectivity index (χ0n) is 13.4. The third kappa shape index (κ3) is 3.34. The second kappa shape index (κ2) is 6.53. The molecule has 1 heterocycles. The first-order chi connectivity index (χ1) is 11.1. The predicted molar refractivity (Wildman–Crippen MR) is 94.3 cm³/mol. The van der Waals surface area contributed by atoms with Crippen molar-refractivity contribution in [1.82, 2.24) is 4.57 Å². The molecule has 3 heteroatoms. The molecule has 116 valence electrons. The Labute approximate surface area is 136 Å². The van der Waals surface area contributed by atoms with Crippen molar-refractivity contribution >= 4 is 11.6 Å². The van der Waals surface area contributed by atoms with Crippen LogP contribution in [0, 0.1) is 0 Å². The molecule has 0 bridgehead atoms. The Kier molecular flexibility index (Phi) is 4.29. The van der Waals surface area contributed by atoms with Crippen molar-refractivity contribution in [2.45, 2.75) is 19.8 Å². The standard InChI is InChI=1S/C20H20N2O/c1-15(2)18-7-3-4-8-19(18)21-20(23)16-9-11-17(12-10-16)22-13-5-6-14-22/h3-15H,1-2H3,(H,21,23).